The van der Waals surface area contributed by atoms with Gasteiger partial charge in [0.15, 0.2) is 0 Å². The van der Waals surface area contributed by atoms with Gasteiger partial charge in [-0.3, -0.25) is 0 Å². The molecule has 1 spiro atoms. The van der Waals surface area contributed by atoms with Crippen LogP contribution in [0.1, 0.15) is 13.3 Å². The molecule has 17 heavy (non-hydrogen) atoms. The maximum atomic E-state index is 5.70. The number of nitrogens with zero attached hydrogens (tertiary/aromatic N) is 3. The third-order valence-corrected chi connectivity index (χ3v) is 4.95. The first-order chi connectivity index (χ1) is 8.31. The Kier molecular flexibility index (Phi) is 2.96. The fourth-order valence-electron chi connectivity index (χ4n) is 2.61. The molecular formula is C12H17N3OS. The molecule has 92 valence electrons. The second-order valence-electron chi connectivity index (χ2n) is 4.68. The fourth-order valence-corrected chi connectivity index (χ4v) is 4.16. The molecule has 3 heterocycles. The largest absolute Gasteiger partial charge is 0.378 e. The van der Waals surface area contributed by atoms with Gasteiger partial charge in [0.1, 0.15) is 0 Å². The van der Waals surface area contributed by atoms with Gasteiger partial charge in [0, 0.05) is 37.8 Å². The van der Waals surface area contributed by atoms with Crippen LogP contribution in [0.2, 0.25) is 0 Å². The van der Waals surface area contributed by atoms with Gasteiger partial charge in [-0.05, 0) is 19.4 Å². The Morgan fingerprint density at radius 3 is 2.94 bits per heavy atom. The van der Waals surface area contributed by atoms with Crippen LogP contribution in [0.3, 0.4) is 0 Å². The number of hydrogen-bond acceptors (Lipinski definition) is 5. The molecule has 3 rings (SSSR count). The summed E-state index contributed by atoms with van der Waals surface area (Å²) in [5.41, 5.74) is 0. The van der Waals surface area contributed by atoms with Crippen molar-refractivity contribution in [1.29, 1.82) is 0 Å². The lowest BCUT2D eigenvalue weighted by Gasteiger charge is -2.47. The van der Waals surface area contributed by atoms with E-state index in [2.05, 4.69) is 33.6 Å². The topological polar surface area (TPSA) is 38.2 Å². The van der Waals surface area contributed by atoms with Gasteiger partial charge < -0.3 is 9.64 Å². The molecule has 0 radical (unpaired) electrons. The highest BCUT2D eigenvalue weighted by molar-refractivity contribution is 8.01. The molecule has 0 saturated carbocycles. The molecule has 0 aliphatic carbocycles. The van der Waals surface area contributed by atoms with Gasteiger partial charge in [-0.15, -0.1) is 11.8 Å². The van der Waals surface area contributed by atoms with E-state index in [9.17, 15) is 0 Å². The molecule has 0 bridgehead atoms. The predicted molar refractivity (Wildman–Crippen MR) is 69.5 cm³/mol. The van der Waals surface area contributed by atoms with Gasteiger partial charge in [-0.2, -0.15) is 0 Å². The lowest BCUT2D eigenvalue weighted by atomic mass is 9.93. The van der Waals surface area contributed by atoms with Crippen molar-refractivity contribution in [3.05, 3.63) is 18.5 Å². The summed E-state index contributed by atoms with van der Waals surface area (Å²) in [6, 6.07) is 1.86. The van der Waals surface area contributed by atoms with Gasteiger partial charge >= 0.3 is 0 Å². The number of rotatable bonds is 3. The monoisotopic (exact) mass is 251 g/mol. The van der Waals surface area contributed by atoms with E-state index in [1.807, 2.05) is 6.07 Å². The molecule has 1 aromatic rings. The van der Waals surface area contributed by atoms with Crippen LogP contribution in [-0.2, 0) is 4.74 Å². The van der Waals surface area contributed by atoms with Crippen molar-refractivity contribution >= 4 is 17.7 Å². The second-order valence-corrected chi connectivity index (χ2v) is 6.17. The van der Waals surface area contributed by atoms with Crippen LogP contribution in [0.5, 0.6) is 0 Å². The van der Waals surface area contributed by atoms with Gasteiger partial charge in [0.25, 0.3) is 0 Å². The molecule has 2 aliphatic rings. The smallest absolute Gasteiger partial charge is 0.225 e. The summed E-state index contributed by atoms with van der Waals surface area (Å²) in [5.74, 6) is 2.00. The van der Waals surface area contributed by atoms with Crippen LogP contribution in [0.4, 0.5) is 5.95 Å². The van der Waals surface area contributed by atoms with Crippen molar-refractivity contribution in [2.45, 2.75) is 24.2 Å². The number of anilines is 1. The standard InChI is InChI=1S/C12H17N3OS/c1-2-16-10-6-12(17-7-10)8-15(9-12)11-13-4-3-5-14-11/h3-5,10H,2,6-9H2,1H3. The minimum atomic E-state index is 0.402. The number of hydrogen-bond donors (Lipinski definition) is 0. The molecule has 0 N–H and O–H groups in total. The van der Waals surface area contributed by atoms with Crippen LogP contribution in [-0.4, -0.2) is 46.3 Å². The molecule has 0 aromatic carbocycles. The number of thioether (sulfide) groups is 1. The van der Waals surface area contributed by atoms with Crippen LogP contribution in [0.15, 0.2) is 18.5 Å². The highest BCUT2D eigenvalue weighted by atomic mass is 32.2. The Morgan fingerprint density at radius 2 is 2.24 bits per heavy atom. The number of ether oxygens (including phenoxy) is 1. The molecule has 0 amide bonds. The van der Waals surface area contributed by atoms with E-state index in [1.54, 1.807) is 12.4 Å². The zero-order valence-corrected chi connectivity index (χ0v) is 10.8. The highest BCUT2D eigenvalue weighted by Crippen LogP contribution is 2.46. The maximum absolute atomic E-state index is 5.70. The summed E-state index contributed by atoms with van der Waals surface area (Å²) in [6.45, 7) is 5.02. The van der Waals surface area contributed by atoms with Gasteiger partial charge in [0.05, 0.1) is 10.9 Å². The minimum absolute atomic E-state index is 0.402. The third-order valence-electron chi connectivity index (χ3n) is 3.37. The van der Waals surface area contributed by atoms with Crippen LogP contribution >= 0.6 is 11.8 Å². The SMILES string of the molecule is CCOC1CSC2(C1)CN(c1ncccn1)C2. The first-order valence-electron chi connectivity index (χ1n) is 6.09. The maximum Gasteiger partial charge on any atom is 0.225 e. The molecule has 4 nitrogen and oxygen atoms in total. The van der Waals surface area contributed by atoms with Crippen molar-refractivity contribution in [1.82, 2.24) is 9.97 Å². The lowest BCUT2D eigenvalue weighted by molar-refractivity contribution is 0.0699. The molecule has 1 atom stereocenters. The Bertz CT molecular complexity index is 381. The summed E-state index contributed by atoms with van der Waals surface area (Å²) in [4.78, 5) is 10.8. The average Bonchev–Trinajstić information content (AvgIpc) is 2.73. The van der Waals surface area contributed by atoms with E-state index in [-0.39, 0.29) is 0 Å². The molecule has 2 fully saturated rings. The van der Waals surface area contributed by atoms with E-state index in [0.29, 0.717) is 10.9 Å². The summed E-state index contributed by atoms with van der Waals surface area (Å²) in [5, 5.41) is 0. The average molecular weight is 251 g/mol. The minimum Gasteiger partial charge on any atom is -0.378 e. The molecule has 2 saturated heterocycles. The van der Waals surface area contributed by atoms with Crippen molar-refractivity contribution < 1.29 is 4.74 Å². The van der Waals surface area contributed by atoms with Gasteiger partial charge in [-0.25, -0.2) is 9.97 Å². The normalized spacial score (nSPS) is 26.2. The Hall–Kier alpha value is -0.810. The van der Waals surface area contributed by atoms with Crippen molar-refractivity contribution in [3.63, 3.8) is 0 Å². The summed E-state index contributed by atoms with van der Waals surface area (Å²) < 4.78 is 6.11. The Morgan fingerprint density at radius 1 is 1.47 bits per heavy atom. The van der Waals surface area contributed by atoms with Crippen molar-refractivity contribution in [2.75, 3.05) is 30.3 Å². The van der Waals surface area contributed by atoms with Crippen molar-refractivity contribution in [2.24, 2.45) is 0 Å². The molecule has 1 aromatic heterocycles. The van der Waals surface area contributed by atoms with Gasteiger partial charge in [0.2, 0.25) is 5.95 Å². The Labute approximate surface area is 106 Å². The predicted octanol–water partition coefficient (Wildman–Crippen LogP) is 1.58. The second kappa shape index (κ2) is 4.46. The summed E-state index contributed by atoms with van der Waals surface area (Å²) in [6.07, 6.45) is 5.23. The van der Waals surface area contributed by atoms with Crippen molar-refractivity contribution in [3.8, 4) is 0 Å². The van der Waals surface area contributed by atoms with Crippen LogP contribution in [0.25, 0.3) is 0 Å². The van der Waals surface area contributed by atoms with Crippen LogP contribution in [0, 0.1) is 0 Å². The first kappa shape index (κ1) is 11.3. The zero-order chi connectivity index (χ0) is 11.7. The Balaban J connectivity index is 1.58. The van der Waals surface area contributed by atoms with E-state index in [1.165, 1.54) is 6.42 Å². The summed E-state index contributed by atoms with van der Waals surface area (Å²) in [7, 11) is 0. The van der Waals surface area contributed by atoms with E-state index < -0.39 is 0 Å². The van der Waals surface area contributed by atoms with E-state index in [4.69, 9.17) is 4.74 Å². The van der Waals surface area contributed by atoms with E-state index in [0.717, 1.165) is 31.4 Å². The molecular weight excluding hydrogens is 234 g/mol. The quantitative estimate of drug-likeness (QED) is 0.815. The van der Waals surface area contributed by atoms with Gasteiger partial charge in [-0.1, -0.05) is 0 Å². The third kappa shape index (κ3) is 2.13. The first-order valence-corrected chi connectivity index (χ1v) is 7.07. The van der Waals surface area contributed by atoms with E-state index >= 15 is 0 Å². The van der Waals surface area contributed by atoms with Crippen LogP contribution < -0.4 is 4.90 Å². The number of aromatic nitrogens is 2. The fraction of sp³-hybridized carbons (Fsp3) is 0.667. The summed E-state index contributed by atoms with van der Waals surface area (Å²) >= 11 is 2.06. The lowest BCUT2D eigenvalue weighted by Crippen LogP contribution is -2.59. The molecule has 2 aliphatic heterocycles. The molecule has 5 heteroatoms. The molecule has 1 unspecified atom stereocenters. The zero-order valence-electron chi connectivity index (χ0n) is 10.0. The highest BCUT2D eigenvalue weighted by Gasteiger charge is 2.50.